The molecule has 1 unspecified atom stereocenters. The van der Waals surface area contributed by atoms with E-state index in [0.29, 0.717) is 11.3 Å². The second-order valence-electron chi connectivity index (χ2n) is 4.48. The van der Waals surface area contributed by atoms with E-state index in [2.05, 4.69) is 5.32 Å². The van der Waals surface area contributed by atoms with Crippen molar-refractivity contribution >= 4 is 23.2 Å². The summed E-state index contributed by atoms with van der Waals surface area (Å²) in [5.74, 6) is -0.722. The molecule has 0 heterocycles. The molecule has 1 N–H and O–H groups in total. The molecule has 0 aromatic heterocycles. The summed E-state index contributed by atoms with van der Waals surface area (Å²) in [5.41, 5.74) is 0.749. The Balaban J connectivity index is 2.08. The number of ether oxygens (including phenoxy) is 1. The maximum atomic E-state index is 13.0. The molecule has 0 aliphatic carbocycles. The summed E-state index contributed by atoms with van der Waals surface area (Å²) in [6, 6.07) is 12.3. The number of carbonyl (C=O) groups is 1. The van der Waals surface area contributed by atoms with E-state index < -0.39 is 17.8 Å². The summed E-state index contributed by atoms with van der Waals surface area (Å²) in [4.78, 5) is 12.1. The summed E-state index contributed by atoms with van der Waals surface area (Å²) in [5, 5.41) is 11.7. The van der Waals surface area contributed by atoms with Gasteiger partial charge in [-0.3, -0.25) is 4.79 Å². The van der Waals surface area contributed by atoms with Crippen LogP contribution in [0, 0.1) is 17.1 Å². The minimum atomic E-state index is -0.866. The van der Waals surface area contributed by atoms with Crippen LogP contribution >= 0.6 is 11.6 Å². The topological polar surface area (TPSA) is 62.1 Å². The SMILES string of the molecule is CC(Oc1ccc(F)cc1Cl)C(=O)Nc1ccccc1C#N. The average Bonchev–Trinajstić information content (AvgIpc) is 2.50. The van der Waals surface area contributed by atoms with E-state index in [1.54, 1.807) is 24.3 Å². The average molecular weight is 319 g/mol. The zero-order valence-corrected chi connectivity index (χ0v) is 12.4. The Morgan fingerprint density at radius 3 is 2.77 bits per heavy atom. The molecule has 0 aliphatic heterocycles. The number of nitrogens with zero attached hydrogens (tertiary/aromatic N) is 1. The highest BCUT2D eigenvalue weighted by molar-refractivity contribution is 6.32. The van der Waals surface area contributed by atoms with Gasteiger partial charge in [-0.2, -0.15) is 5.26 Å². The Hall–Kier alpha value is -2.58. The molecule has 2 rings (SSSR count). The van der Waals surface area contributed by atoms with Gasteiger partial charge in [0.15, 0.2) is 6.10 Å². The predicted octanol–water partition coefficient (Wildman–Crippen LogP) is 3.76. The first kappa shape index (κ1) is 15.8. The first-order valence-electron chi connectivity index (χ1n) is 6.43. The van der Waals surface area contributed by atoms with E-state index in [1.807, 2.05) is 6.07 Å². The Morgan fingerprint density at radius 2 is 2.09 bits per heavy atom. The van der Waals surface area contributed by atoms with Crippen molar-refractivity contribution in [1.82, 2.24) is 0 Å². The number of hydrogen-bond acceptors (Lipinski definition) is 3. The van der Waals surface area contributed by atoms with Crippen LogP contribution in [0.5, 0.6) is 5.75 Å². The largest absolute Gasteiger partial charge is 0.479 e. The highest BCUT2D eigenvalue weighted by Gasteiger charge is 2.17. The van der Waals surface area contributed by atoms with Crippen LogP contribution in [0.2, 0.25) is 5.02 Å². The number of nitriles is 1. The van der Waals surface area contributed by atoms with Crippen LogP contribution in [0.3, 0.4) is 0 Å². The predicted molar refractivity (Wildman–Crippen MR) is 81.3 cm³/mol. The van der Waals surface area contributed by atoms with Gasteiger partial charge in [0.25, 0.3) is 5.91 Å². The standard InChI is InChI=1S/C16H12ClFN2O2/c1-10(22-15-7-6-12(18)8-13(15)17)16(21)20-14-5-3-2-4-11(14)9-19/h2-8,10H,1H3,(H,20,21). The summed E-state index contributed by atoms with van der Waals surface area (Å²) in [6.45, 7) is 1.53. The molecule has 6 heteroatoms. The maximum Gasteiger partial charge on any atom is 0.265 e. The van der Waals surface area contributed by atoms with Crippen molar-refractivity contribution in [2.45, 2.75) is 13.0 Å². The number of anilines is 1. The molecular formula is C16H12ClFN2O2. The summed E-state index contributed by atoms with van der Waals surface area (Å²) >= 11 is 5.85. The molecule has 2 aromatic carbocycles. The van der Waals surface area contributed by atoms with Crippen LogP contribution < -0.4 is 10.1 Å². The third-order valence-electron chi connectivity index (χ3n) is 2.87. The number of amides is 1. The van der Waals surface area contributed by atoms with E-state index in [4.69, 9.17) is 21.6 Å². The van der Waals surface area contributed by atoms with Gasteiger partial charge in [0.1, 0.15) is 17.6 Å². The number of carbonyl (C=O) groups excluding carboxylic acids is 1. The zero-order chi connectivity index (χ0) is 16.1. The third-order valence-corrected chi connectivity index (χ3v) is 3.17. The molecule has 0 fully saturated rings. The van der Waals surface area contributed by atoms with Crippen molar-refractivity contribution in [3.8, 4) is 11.8 Å². The number of nitrogens with one attached hydrogen (secondary N) is 1. The molecule has 0 saturated carbocycles. The summed E-state index contributed by atoms with van der Waals surface area (Å²) < 4.78 is 18.4. The fraction of sp³-hybridized carbons (Fsp3) is 0.125. The van der Waals surface area contributed by atoms with E-state index in [1.165, 1.54) is 19.1 Å². The second kappa shape index (κ2) is 6.92. The summed E-state index contributed by atoms with van der Waals surface area (Å²) in [7, 11) is 0. The van der Waals surface area contributed by atoms with E-state index in [-0.39, 0.29) is 10.8 Å². The smallest absolute Gasteiger partial charge is 0.265 e. The highest BCUT2D eigenvalue weighted by atomic mass is 35.5. The van der Waals surface area contributed by atoms with Crippen molar-refractivity contribution < 1.29 is 13.9 Å². The molecule has 0 aliphatic rings. The van der Waals surface area contributed by atoms with E-state index in [0.717, 1.165) is 6.07 Å². The first-order valence-corrected chi connectivity index (χ1v) is 6.80. The lowest BCUT2D eigenvalue weighted by Crippen LogP contribution is -2.30. The van der Waals surface area contributed by atoms with Gasteiger partial charge in [0.05, 0.1) is 16.3 Å². The monoisotopic (exact) mass is 318 g/mol. The van der Waals surface area contributed by atoms with Gasteiger partial charge in [-0.15, -0.1) is 0 Å². The van der Waals surface area contributed by atoms with Crippen LogP contribution in [-0.4, -0.2) is 12.0 Å². The van der Waals surface area contributed by atoms with Crippen LogP contribution in [0.25, 0.3) is 0 Å². The highest BCUT2D eigenvalue weighted by Crippen LogP contribution is 2.26. The molecule has 22 heavy (non-hydrogen) atoms. The number of hydrogen-bond donors (Lipinski definition) is 1. The quantitative estimate of drug-likeness (QED) is 0.933. The molecule has 0 bridgehead atoms. The Labute approximate surface area is 132 Å². The molecule has 112 valence electrons. The molecule has 0 spiro atoms. The van der Waals surface area contributed by atoms with Gasteiger partial charge in [-0.1, -0.05) is 23.7 Å². The molecule has 0 radical (unpaired) electrons. The van der Waals surface area contributed by atoms with Crippen LogP contribution in [-0.2, 0) is 4.79 Å². The number of rotatable bonds is 4. The van der Waals surface area contributed by atoms with Crippen molar-refractivity contribution in [2.24, 2.45) is 0 Å². The minimum absolute atomic E-state index is 0.0806. The van der Waals surface area contributed by atoms with Crippen molar-refractivity contribution in [3.05, 3.63) is 58.9 Å². The first-order chi connectivity index (χ1) is 10.5. The number of para-hydroxylation sites is 1. The van der Waals surface area contributed by atoms with Crippen LogP contribution in [0.15, 0.2) is 42.5 Å². The van der Waals surface area contributed by atoms with Gasteiger partial charge in [-0.05, 0) is 37.3 Å². The molecule has 1 amide bonds. The molecule has 4 nitrogen and oxygen atoms in total. The van der Waals surface area contributed by atoms with Crippen LogP contribution in [0.4, 0.5) is 10.1 Å². The Bertz CT molecular complexity index is 743. The number of halogens is 2. The Morgan fingerprint density at radius 1 is 1.36 bits per heavy atom. The van der Waals surface area contributed by atoms with E-state index in [9.17, 15) is 9.18 Å². The van der Waals surface area contributed by atoms with Gasteiger partial charge >= 0.3 is 0 Å². The van der Waals surface area contributed by atoms with Gasteiger partial charge in [-0.25, -0.2) is 4.39 Å². The zero-order valence-electron chi connectivity index (χ0n) is 11.6. The fourth-order valence-corrected chi connectivity index (χ4v) is 1.95. The minimum Gasteiger partial charge on any atom is -0.479 e. The molecule has 1 atom stereocenters. The van der Waals surface area contributed by atoms with E-state index >= 15 is 0 Å². The van der Waals surface area contributed by atoms with Crippen molar-refractivity contribution in [2.75, 3.05) is 5.32 Å². The summed E-state index contributed by atoms with van der Waals surface area (Å²) in [6.07, 6.45) is -0.866. The normalized spacial score (nSPS) is 11.4. The third kappa shape index (κ3) is 3.74. The molecule has 2 aromatic rings. The van der Waals surface area contributed by atoms with Gasteiger partial charge < -0.3 is 10.1 Å². The van der Waals surface area contributed by atoms with Crippen molar-refractivity contribution in [3.63, 3.8) is 0 Å². The lowest BCUT2D eigenvalue weighted by Gasteiger charge is -2.16. The lowest BCUT2D eigenvalue weighted by molar-refractivity contribution is -0.122. The van der Waals surface area contributed by atoms with Crippen LogP contribution in [0.1, 0.15) is 12.5 Å². The Kier molecular flexibility index (Phi) is 4.97. The fourth-order valence-electron chi connectivity index (χ4n) is 1.74. The molecular weight excluding hydrogens is 307 g/mol. The molecule has 0 saturated heterocycles. The lowest BCUT2D eigenvalue weighted by atomic mass is 10.2. The van der Waals surface area contributed by atoms with Crippen molar-refractivity contribution in [1.29, 1.82) is 5.26 Å². The maximum absolute atomic E-state index is 13.0. The van der Waals surface area contributed by atoms with Gasteiger partial charge in [0.2, 0.25) is 0 Å². The second-order valence-corrected chi connectivity index (χ2v) is 4.89. The number of benzene rings is 2. The van der Waals surface area contributed by atoms with Gasteiger partial charge in [0, 0.05) is 0 Å².